The molecule has 2 aromatic rings. The highest BCUT2D eigenvalue weighted by atomic mass is 16.5. The average molecular weight is 226 g/mol. The number of rotatable bonds is 1. The van der Waals surface area contributed by atoms with Crippen LogP contribution in [0.2, 0.25) is 0 Å². The lowest BCUT2D eigenvalue weighted by atomic mass is 9.97. The van der Waals surface area contributed by atoms with E-state index >= 15 is 0 Å². The van der Waals surface area contributed by atoms with Gasteiger partial charge in [-0.2, -0.15) is 0 Å². The van der Waals surface area contributed by atoms with Crippen LogP contribution in [0.5, 0.6) is 5.75 Å². The van der Waals surface area contributed by atoms with Crippen molar-refractivity contribution in [3.63, 3.8) is 0 Å². The lowest BCUT2D eigenvalue weighted by Crippen LogP contribution is -2.13. The molecule has 2 aromatic carbocycles. The summed E-state index contributed by atoms with van der Waals surface area (Å²) < 4.78 is 5.52. The topological polar surface area (TPSA) is 29.5 Å². The Morgan fingerprint density at radius 2 is 1.82 bits per heavy atom. The van der Waals surface area contributed by atoms with Crippen molar-refractivity contribution >= 4 is 0 Å². The van der Waals surface area contributed by atoms with Crippen LogP contribution in [-0.4, -0.2) is 11.7 Å². The summed E-state index contributed by atoms with van der Waals surface area (Å²) in [5.41, 5.74) is 3.18. The first-order valence-electron chi connectivity index (χ1n) is 5.85. The van der Waals surface area contributed by atoms with Crippen LogP contribution in [0.4, 0.5) is 0 Å². The Kier molecular flexibility index (Phi) is 2.57. The molecule has 0 spiro atoms. The fourth-order valence-corrected chi connectivity index (χ4v) is 2.19. The SMILES string of the molecule is OC1CCOc2ccc(-c3ccccc3)cc21. The molecule has 0 radical (unpaired) electrons. The van der Waals surface area contributed by atoms with Gasteiger partial charge in [0.05, 0.1) is 12.7 Å². The minimum Gasteiger partial charge on any atom is -0.493 e. The van der Waals surface area contributed by atoms with Crippen molar-refractivity contribution in [2.75, 3.05) is 6.61 Å². The second-order valence-corrected chi connectivity index (χ2v) is 4.27. The third-order valence-corrected chi connectivity index (χ3v) is 3.12. The summed E-state index contributed by atoms with van der Waals surface area (Å²) in [6.45, 7) is 0.596. The molecule has 1 atom stereocenters. The fraction of sp³-hybridized carbons (Fsp3) is 0.200. The van der Waals surface area contributed by atoms with E-state index in [0.717, 1.165) is 22.4 Å². The van der Waals surface area contributed by atoms with Gasteiger partial charge in [0.1, 0.15) is 5.75 Å². The summed E-state index contributed by atoms with van der Waals surface area (Å²) in [7, 11) is 0. The molecule has 1 N–H and O–H groups in total. The van der Waals surface area contributed by atoms with Gasteiger partial charge in [-0.3, -0.25) is 0 Å². The number of aliphatic hydroxyl groups excluding tert-OH is 1. The van der Waals surface area contributed by atoms with Crippen LogP contribution in [-0.2, 0) is 0 Å². The Bertz CT molecular complexity index is 520. The highest BCUT2D eigenvalue weighted by molar-refractivity contribution is 5.66. The minimum atomic E-state index is -0.401. The summed E-state index contributed by atoms with van der Waals surface area (Å²) in [5.74, 6) is 0.809. The quantitative estimate of drug-likeness (QED) is 0.809. The van der Waals surface area contributed by atoms with E-state index in [-0.39, 0.29) is 0 Å². The lowest BCUT2D eigenvalue weighted by Gasteiger charge is -2.22. The summed E-state index contributed by atoms with van der Waals surface area (Å²) in [4.78, 5) is 0. The molecule has 0 bridgehead atoms. The monoisotopic (exact) mass is 226 g/mol. The van der Waals surface area contributed by atoms with Crippen molar-refractivity contribution in [3.8, 4) is 16.9 Å². The Morgan fingerprint density at radius 3 is 2.65 bits per heavy atom. The zero-order chi connectivity index (χ0) is 11.7. The Labute approximate surface area is 100 Å². The summed E-state index contributed by atoms with van der Waals surface area (Å²) >= 11 is 0. The smallest absolute Gasteiger partial charge is 0.125 e. The molecule has 1 unspecified atom stereocenters. The van der Waals surface area contributed by atoms with Gasteiger partial charge in [0, 0.05) is 12.0 Å². The molecule has 1 heterocycles. The average Bonchev–Trinajstić information content (AvgIpc) is 2.40. The lowest BCUT2D eigenvalue weighted by molar-refractivity contribution is 0.115. The van der Waals surface area contributed by atoms with Crippen LogP contribution in [0, 0.1) is 0 Å². The molecule has 1 aliphatic heterocycles. The van der Waals surface area contributed by atoms with E-state index in [2.05, 4.69) is 12.1 Å². The summed E-state index contributed by atoms with van der Waals surface area (Å²) in [6.07, 6.45) is 0.271. The number of ether oxygens (including phenoxy) is 1. The van der Waals surface area contributed by atoms with Crippen molar-refractivity contribution in [2.45, 2.75) is 12.5 Å². The van der Waals surface area contributed by atoms with Crippen molar-refractivity contribution in [1.29, 1.82) is 0 Å². The van der Waals surface area contributed by atoms with E-state index in [0.29, 0.717) is 13.0 Å². The van der Waals surface area contributed by atoms with Gasteiger partial charge in [-0.15, -0.1) is 0 Å². The van der Waals surface area contributed by atoms with Crippen molar-refractivity contribution in [2.24, 2.45) is 0 Å². The van der Waals surface area contributed by atoms with E-state index in [1.54, 1.807) is 0 Å². The molecule has 0 aliphatic carbocycles. The molecule has 0 amide bonds. The van der Waals surface area contributed by atoms with Gasteiger partial charge in [0.25, 0.3) is 0 Å². The van der Waals surface area contributed by atoms with E-state index < -0.39 is 6.10 Å². The van der Waals surface area contributed by atoms with Crippen LogP contribution in [0.15, 0.2) is 48.5 Å². The largest absolute Gasteiger partial charge is 0.493 e. The zero-order valence-electron chi connectivity index (χ0n) is 9.47. The molecule has 2 heteroatoms. The zero-order valence-corrected chi connectivity index (χ0v) is 9.47. The Balaban J connectivity index is 2.06. The summed E-state index contributed by atoms with van der Waals surface area (Å²) in [5, 5.41) is 9.95. The maximum Gasteiger partial charge on any atom is 0.125 e. The molecule has 1 aliphatic rings. The van der Waals surface area contributed by atoms with Crippen molar-refractivity contribution in [1.82, 2.24) is 0 Å². The number of hydrogen-bond acceptors (Lipinski definition) is 2. The number of aliphatic hydroxyl groups is 1. The van der Waals surface area contributed by atoms with Crippen molar-refractivity contribution < 1.29 is 9.84 Å². The first-order chi connectivity index (χ1) is 8.34. The summed E-state index contributed by atoms with van der Waals surface area (Å²) in [6, 6.07) is 16.2. The third kappa shape index (κ3) is 1.92. The van der Waals surface area contributed by atoms with E-state index in [1.165, 1.54) is 0 Å². The van der Waals surface area contributed by atoms with E-state index in [9.17, 15) is 5.11 Å². The van der Waals surface area contributed by atoms with E-state index in [4.69, 9.17) is 4.74 Å². The van der Waals surface area contributed by atoms with Gasteiger partial charge >= 0.3 is 0 Å². The van der Waals surface area contributed by atoms with Gasteiger partial charge in [-0.05, 0) is 23.3 Å². The highest BCUT2D eigenvalue weighted by Gasteiger charge is 2.19. The van der Waals surface area contributed by atoms with Crippen LogP contribution in [0.25, 0.3) is 11.1 Å². The molecular weight excluding hydrogens is 212 g/mol. The van der Waals surface area contributed by atoms with E-state index in [1.807, 2.05) is 36.4 Å². The van der Waals surface area contributed by atoms with Gasteiger partial charge in [0.15, 0.2) is 0 Å². The van der Waals surface area contributed by atoms with Gasteiger partial charge in [0.2, 0.25) is 0 Å². The number of hydrogen-bond donors (Lipinski definition) is 1. The van der Waals surface area contributed by atoms with Gasteiger partial charge in [-0.25, -0.2) is 0 Å². The second-order valence-electron chi connectivity index (χ2n) is 4.27. The van der Waals surface area contributed by atoms with Gasteiger partial charge < -0.3 is 9.84 Å². The predicted molar refractivity (Wildman–Crippen MR) is 66.9 cm³/mol. The van der Waals surface area contributed by atoms with Crippen LogP contribution in [0.1, 0.15) is 18.1 Å². The van der Waals surface area contributed by atoms with Crippen LogP contribution < -0.4 is 4.74 Å². The van der Waals surface area contributed by atoms with Crippen LogP contribution in [0.3, 0.4) is 0 Å². The second kappa shape index (κ2) is 4.22. The molecule has 0 fully saturated rings. The molecular formula is C15H14O2. The maximum absolute atomic E-state index is 9.95. The molecule has 17 heavy (non-hydrogen) atoms. The van der Waals surface area contributed by atoms with Crippen molar-refractivity contribution in [3.05, 3.63) is 54.1 Å². The first kappa shape index (κ1) is 10.4. The number of fused-ring (bicyclic) bond motifs is 1. The molecule has 0 saturated heterocycles. The molecule has 0 saturated carbocycles. The number of benzene rings is 2. The minimum absolute atomic E-state index is 0.401. The standard InChI is InChI=1S/C15H14O2/c16-14-8-9-17-15-7-6-12(10-13(14)15)11-4-2-1-3-5-11/h1-7,10,14,16H,8-9H2. The van der Waals surface area contributed by atoms with Crippen LogP contribution >= 0.6 is 0 Å². The fourth-order valence-electron chi connectivity index (χ4n) is 2.19. The molecule has 86 valence electrons. The molecule has 2 nitrogen and oxygen atoms in total. The predicted octanol–water partition coefficient (Wildman–Crippen LogP) is 3.17. The Morgan fingerprint density at radius 1 is 1.00 bits per heavy atom. The first-order valence-corrected chi connectivity index (χ1v) is 5.85. The normalized spacial score (nSPS) is 18.3. The maximum atomic E-state index is 9.95. The third-order valence-electron chi connectivity index (χ3n) is 3.12. The van der Waals surface area contributed by atoms with Gasteiger partial charge in [-0.1, -0.05) is 36.4 Å². The highest BCUT2D eigenvalue weighted by Crippen LogP contribution is 2.35. The molecule has 3 rings (SSSR count). The molecule has 0 aromatic heterocycles. The Hall–Kier alpha value is -1.80.